The summed E-state index contributed by atoms with van der Waals surface area (Å²) in [6.07, 6.45) is 0.783. The molecule has 0 bridgehead atoms. The molecule has 0 atom stereocenters. The lowest BCUT2D eigenvalue weighted by Gasteiger charge is -2.07. The van der Waals surface area contributed by atoms with E-state index in [2.05, 4.69) is 0 Å². The minimum absolute atomic E-state index is 0.0585. The quantitative estimate of drug-likeness (QED) is 0.704. The van der Waals surface area contributed by atoms with Gasteiger partial charge in [0.1, 0.15) is 11.3 Å². The van der Waals surface area contributed by atoms with Crippen LogP contribution in [0.5, 0.6) is 5.75 Å². The molecule has 0 aliphatic heterocycles. The maximum atomic E-state index is 12.1. The van der Waals surface area contributed by atoms with Crippen LogP contribution in [0.3, 0.4) is 0 Å². The predicted octanol–water partition coefficient (Wildman–Crippen LogP) is 3.11. The number of carbonyl (C=O) groups is 1. The Balaban J connectivity index is 1.87. The molecule has 0 spiro atoms. The van der Waals surface area contributed by atoms with Crippen LogP contribution in [0.4, 0.5) is 0 Å². The fourth-order valence-electron chi connectivity index (χ4n) is 2.61. The maximum Gasteiger partial charge on any atom is 0.343 e. The molecule has 0 amide bonds. The predicted molar refractivity (Wildman–Crippen MR) is 89.4 cm³/mol. The van der Waals surface area contributed by atoms with E-state index in [4.69, 9.17) is 9.52 Å². The summed E-state index contributed by atoms with van der Waals surface area (Å²) in [4.78, 5) is 22.7. The molecule has 2 N–H and O–H groups in total. The minimum Gasteiger partial charge on any atom is -0.507 e. The third-order valence-electron chi connectivity index (χ3n) is 3.91. The lowest BCUT2D eigenvalue weighted by molar-refractivity contribution is -0.136. The molecular formula is C19H16O5. The highest BCUT2D eigenvalue weighted by Gasteiger charge is 2.14. The molecule has 0 unspecified atom stereocenters. The van der Waals surface area contributed by atoms with E-state index in [-0.39, 0.29) is 24.2 Å². The summed E-state index contributed by atoms with van der Waals surface area (Å²) in [6, 6.07) is 14.2. The second-order valence-electron chi connectivity index (χ2n) is 5.60. The molecule has 122 valence electrons. The van der Waals surface area contributed by atoms with Crippen molar-refractivity contribution in [2.45, 2.75) is 19.3 Å². The number of aromatic hydroxyl groups is 1. The number of para-hydroxylation sites is 1. The Morgan fingerprint density at radius 1 is 1.00 bits per heavy atom. The first kappa shape index (κ1) is 15.8. The monoisotopic (exact) mass is 324 g/mol. The Morgan fingerprint density at radius 2 is 1.67 bits per heavy atom. The van der Waals surface area contributed by atoms with Gasteiger partial charge in [-0.3, -0.25) is 4.79 Å². The van der Waals surface area contributed by atoms with E-state index < -0.39 is 11.6 Å². The lowest BCUT2D eigenvalue weighted by atomic mass is 10.0. The smallest absolute Gasteiger partial charge is 0.343 e. The van der Waals surface area contributed by atoms with Crippen LogP contribution in [-0.2, 0) is 17.6 Å². The molecule has 5 heteroatoms. The molecule has 3 rings (SSSR count). The van der Waals surface area contributed by atoms with E-state index in [0.29, 0.717) is 17.4 Å². The van der Waals surface area contributed by atoms with E-state index in [1.165, 1.54) is 0 Å². The summed E-state index contributed by atoms with van der Waals surface area (Å²) in [5.74, 6) is -0.894. The first-order chi connectivity index (χ1) is 11.5. The van der Waals surface area contributed by atoms with Gasteiger partial charge in [-0.2, -0.15) is 0 Å². The molecule has 0 aliphatic carbocycles. The zero-order valence-electron chi connectivity index (χ0n) is 12.9. The molecule has 2 aromatic carbocycles. The molecule has 0 fully saturated rings. The van der Waals surface area contributed by atoms with Gasteiger partial charge < -0.3 is 14.6 Å². The van der Waals surface area contributed by atoms with Crippen LogP contribution < -0.4 is 5.63 Å². The third kappa shape index (κ3) is 3.30. The van der Waals surface area contributed by atoms with Gasteiger partial charge in [0.05, 0.1) is 10.9 Å². The zero-order valence-corrected chi connectivity index (χ0v) is 12.9. The van der Waals surface area contributed by atoms with Crippen molar-refractivity contribution in [2.75, 3.05) is 0 Å². The van der Waals surface area contributed by atoms with Crippen molar-refractivity contribution in [1.82, 2.24) is 0 Å². The van der Waals surface area contributed by atoms with Gasteiger partial charge in [-0.15, -0.1) is 0 Å². The molecule has 3 aromatic rings. The Bertz CT molecular complexity index is 938. The minimum atomic E-state index is -0.835. The maximum absolute atomic E-state index is 12.1. The van der Waals surface area contributed by atoms with Gasteiger partial charge in [-0.05, 0) is 29.7 Å². The summed E-state index contributed by atoms with van der Waals surface area (Å²) in [5, 5.41) is 19.6. The zero-order chi connectivity index (χ0) is 17.1. The van der Waals surface area contributed by atoms with Crippen LogP contribution in [0.15, 0.2) is 57.7 Å². The molecular weight excluding hydrogens is 308 g/mol. The fraction of sp³-hybridized carbons (Fsp3) is 0.158. The third-order valence-corrected chi connectivity index (χ3v) is 3.91. The van der Waals surface area contributed by atoms with Crippen LogP contribution in [-0.4, -0.2) is 16.2 Å². The topological polar surface area (TPSA) is 87.7 Å². The van der Waals surface area contributed by atoms with E-state index in [0.717, 1.165) is 11.1 Å². The van der Waals surface area contributed by atoms with Crippen molar-refractivity contribution in [3.8, 4) is 5.75 Å². The standard InChI is InChI=1S/C19H16O5/c20-17(21)10-9-12-5-7-13(8-6-12)11-15-18(22)14-3-1-2-4-16(14)24-19(15)23/h1-8,22H,9-11H2,(H,20,21). The number of aryl methyl sites for hydroxylation is 1. The highest BCUT2D eigenvalue weighted by Crippen LogP contribution is 2.27. The van der Waals surface area contributed by atoms with E-state index in [1.54, 1.807) is 24.3 Å². The van der Waals surface area contributed by atoms with Crippen molar-refractivity contribution in [2.24, 2.45) is 0 Å². The van der Waals surface area contributed by atoms with Crippen LogP contribution in [0, 0.1) is 0 Å². The van der Waals surface area contributed by atoms with Gasteiger partial charge in [0.15, 0.2) is 0 Å². The summed E-state index contributed by atoms with van der Waals surface area (Å²) >= 11 is 0. The summed E-state index contributed by atoms with van der Waals surface area (Å²) in [6.45, 7) is 0. The van der Waals surface area contributed by atoms with E-state index in [9.17, 15) is 14.7 Å². The van der Waals surface area contributed by atoms with Gasteiger partial charge in [-0.25, -0.2) is 4.79 Å². The van der Waals surface area contributed by atoms with Crippen molar-refractivity contribution in [3.05, 3.63) is 75.6 Å². The number of rotatable bonds is 5. The van der Waals surface area contributed by atoms with Crippen molar-refractivity contribution < 1.29 is 19.4 Å². The van der Waals surface area contributed by atoms with Gasteiger partial charge in [0, 0.05) is 12.8 Å². The molecule has 0 aliphatic rings. The number of benzene rings is 2. The Hall–Kier alpha value is -3.08. The summed E-state index contributed by atoms with van der Waals surface area (Å²) < 4.78 is 5.25. The lowest BCUT2D eigenvalue weighted by Crippen LogP contribution is -2.08. The average Bonchev–Trinajstić information content (AvgIpc) is 2.58. The van der Waals surface area contributed by atoms with Gasteiger partial charge in [0.2, 0.25) is 0 Å². The number of carboxylic acids is 1. The second kappa shape index (κ2) is 6.58. The molecule has 0 saturated carbocycles. The van der Waals surface area contributed by atoms with Crippen molar-refractivity contribution in [3.63, 3.8) is 0 Å². The number of hydrogen-bond acceptors (Lipinski definition) is 4. The van der Waals surface area contributed by atoms with Crippen molar-refractivity contribution >= 4 is 16.9 Å². The van der Waals surface area contributed by atoms with Crippen LogP contribution in [0.1, 0.15) is 23.1 Å². The van der Waals surface area contributed by atoms with Crippen LogP contribution in [0.25, 0.3) is 11.0 Å². The normalized spacial score (nSPS) is 10.8. The molecule has 24 heavy (non-hydrogen) atoms. The van der Waals surface area contributed by atoms with Crippen molar-refractivity contribution in [1.29, 1.82) is 0 Å². The molecule has 5 nitrogen and oxygen atoms in total. The van der Waals surface area contributed by atoms with Crippen LogP contribution in [0.2, 0.25) is 0 Å². The molecule has 1 aromatic heterocycles. The Morgan fingerprint density at radius 3 is 2.38 bits per heavy atom. The number of aliphatic carboxylic acids is 1. The number of carboxylic acid groups (broad SMARTS) is 1. The highest BCUT2D eigenvalue weighted by atomic mass is 16.4. The largest absolute Gasteiger partial charge is 0.507 e. The molecule has 1 heterocycles. The van der Waals surface area contributed by atoms with E-state index >= 15 is 0 Å². The van der Waals surface area contributed by atoms with Crippen LogP contribution >= 0.6 is 0 Å². The Kier molecular flexibility index (Phi) is 4.33. The second-order valence-corrected chi connectivity index (χ2v) is 5.60. The van der Waals surface area contributed by atoms with E-state index in [1.807, 2.05) is 24.3 Å². The SMILES string of the molecule is O=C(O)CCc1ccc(Cc2c(O)c3ccccc3oc2=O)cc1. The fourth-order valence-corrected chi connectivity index (χ4v) is 2.61. The first-order valence-electron chi connectivity index (χ1n) is 7.58. The Labute approximate surface area is 137 Å². The molecule has 0 saturated heterocycles. The summed E-state index contributed by atoms with van der Waals surface area (Å²) in [5.41, 5.74) is 1.77. The number of fused-ring (bicyclic) bond motifs is 1. The average molecular weight is 324 g/mol. The first-order valence-corrected chi connectivity index (χ1v) is 7.58. The van der Waals surface area contributed by atoms with Gasteiger partial charge in [0.25, 0.3) is 0 Å². The highest BCUT2D eigenvalue weighted by molar-refractivity contribution is 5.84. The molecule has 0 radical (unpaired) electrons. The summed E-state index contributed by atoms with van der Waals surface area (Å²) in [7, 11) is 0. The van der Waals surface area contributed by atoms with Gasteiger partial charge >= 0.3 is 11.6 Å². The number of hydrogen-bond donors (Lipinski definition) is 2. The van der Waals surface area contributed by atoms with Gasteiger partial charge in [-0.1, -0.05) is 36.4 Å².